The lowest BCUT2D eigenvalue weighted by Crippen LogP contribution is -2.16. The SMILES string of the molecule is NC(=O)/C(=C/c1ccccc1)OC1=CC=CCC1. The van der Waals surface area contributed by atoms with Crippen LogP contribution in [0.2, 0.25) is 0 Å². The highest BCUT2D eigenvalue weighted by molar-refractivity contribution is 5.94. The molecule has 1 aliphatic rings. The van der Waals surface area contributed by atoms with Crippen LogP contribution >= 0.6 is 0 Å². The third-order valence-corrected chi connectivity index (χ3v) is 2.56. The lowest BCUT2D eigenvalue weighted by molar-refractivity contribution is -0.117. The van der Waals surface area contributed by atoms with Gasteiger partial charge >= 0.3 is 0 Å². The number of carbonyl (C=O) groups is 1. The maximum Gasteiger partial charge on any atom is 0.284 e. The summed E-state index contributed by atoms with van der Waals surface area (Å²) >= 11 is 0. The minimum absolute atomic E-state index is 0.169. The molecule has 2 rings (SSSR count). The minimum Gasteiger partial charge on any atom is -0.456 e. The van der Waals surface area contributed by atoms with E-state index in [1.807, 2.05) is 42.5 Å². The van der Waals surface area contributed by atoms with Gasteiger partial charge in [0.05, 0.1) is 0 Å². The van der Waals surface area contributed by atoms with E-state index in [1.54, 1.807) is 6.08 Å². The van der Waals surface area contributed by atoms with Crippen LogP contribution in [0.1, 0.15) is 18.4 Å². The van der Waals surface area contributed by atoms with E-state index >= 15 is 0 Å². The van der Waals surface area contributed by atoms with Gasteiger partial charge in [-0.15, -0.1) is 0 Å². The third-order valence-electron chi connectivity index (χ3n) is 2.56. The normalized spacial score (nSPS) is 15.1. The highest BCUT2D eigenvalue weighted by Crippen LogP contribution is 2.18. The quantitative estimate of drug-likeness (QED) is 0.651. The van der Waals surface area contributed by atoms with Crippen molar-refractivity contribution < 1.29 is 9.53 Å². The van der Waals surface area contributed by atoms with Gasteiger partial charge in [0.25, 0.3) is 5.91 Å². The van der Waals surface area contributed by atoms with Crippen LogP contribution in [0, 0.1) is 0 Å². The average molecular weight is 241 g/mol. The van der Waals surface area contributed by atoms with E-state index in [9.17, 15) is 4.79 Å². The van der Waals surface area contributed by atoms with Gasteiger partial charge in [0, 0.05) is 6.42 Å². The number of hydrogen-bond acceptors (Lipinski definition) is 2. The number of rotatable bonds is 4. The van der Waals surface area contributed by atoms with E-state index in [0.29, 0.717) is 0 Å². The van der Waals surface area contributed by atoms with Gasteiger partial charge in [-0.3, -0.25) is 4.79 Å². The Balaban J connectivity index is 2.18. The van der Waals surface area contributed by atoms with Gasteiger partial charge in [-0.2, -0.15) is 0 Å². The molecule has 0 heterocycles. The summed E-state index contributed by atoms with van der Waals surface area (Å²) in [6.07, 6.45) is 9.18. The molecule has 0 unspecified atom stereocenters. The van der Waals surface area contributed by atoms with Crippen LogP contribution in [0.25, 0.3) is 6.08 Å². The van der Waals surface area contributed by atoms with Gasteiger partial charge < -0.3 is 10.5 Å². The van der Waals surface area contributed by atoms with E-state index in [2.05, 4.69) is 6.08 Å². The van der Waals surface area contributed by atoms with E-state index in [-0.39, 0.29) is 5.76 Å². The molecule has 3 heteroatoms. The predicted octanol–water partition coefficient (Wildman–Crippen LogP) is 2.76. The number of benzene rings is 1. The number of primary amides is 1. The van der Waals surface area contributed by atoms with Crippen molar-refractivity contribution in [2.24, 2.45) is 5.73 Å². The summed E-state index contributed by atoms with van der Waals surface area (Å²) in [5.41, 5.74) is 6.21. The third kappa shape index (κ3) is 3.35. The molecule has 18 heavy (non-hydrogen) atoms. The molecule has 1 aliphatic carbocycles. The maximum atomic E-state index is 11.4. The molecule has 0 saturated carbocycles. The van der Waals surface area contributed by atoms with Crippen molar-refractivity contribution in [2.45, 2.75) is 12.8 Å². The molecule has 3 nitrogen and oxygen atoms in total. The Morgan fingerprint density at radius 1 is 1.28 bits per heavy atom. The van der Waals surface area contributed by atoms with Crippen molar-refractivity contribution in [3.63, 3.8) is 0 Å². The van der Waals surface area contributed by atoms with Gasteiger partial charge in [0.1, 0.15) is 5.76 Å². The number of allylic oxidation sites excluding steroid dienone is 4. The zero-order valence-corrected chi connectivity index (χ0v) is 10.0. The van der Waals surface area contributed by atoms with Gasteiger partial charge in [-0.25, -0.2) is 0 Å². The van der Waals surface area contributed by atoms with Gasteiger partial charge in [0.2, 0.25) is 0 Å². The molecule has 0 bridgehead atoms. The van der Waals surface area contributed by atoms with E-state index in [4.69, 9.17) is 10.5 Å². The second-order valence-corrected chi connectivity index (χ2v) is 3.99. The zero-order chi connectivity index (χ0) is 12.8. The summed E-state index contributed by atoms with van der Waals surface area (Å²) in [5, 5.41) is 0. The Morgan fingerprint density at radius 3 is 2.67 bits per heavy atom. The van der Waals surface area contributed by atoms with Crippen molar-refractivity contribution >= 4 is 12.0 Å². The Hall–Kier alpha value is -2.29. The van der Waals surface area contributed by atoms with E-state index in [0.717, 1.165) is 24.2 Å². The van der Waals surface area contributed by atoms with E-state index in [1.165, 1.54) is 0 Å². The second kappa shape index (κ2) is 5.87. The molecule has 92 valence electrons. The molecule has 1 aromatic rings. The topological polar surface area (TPSA) is 52.3 Å². The molecule has 0 spiro atoms. The monoisotopic (exact) mass is 241 g/mol. The van der Waals surface area contributed by atoms with Crippen molar-refractivity contribution in [1.29, 1.82) is 0 Å². The zero-order valence-electron chi connectivity index (χ0n) is 10.0. The number of hydrogen-bond donors (Lipinski definition) is 1. The molecule has 1 aromatic carbocycles. The standard InChI is InChI=1S/C15H15NO2/c16-15(17)14(11-12-7-3-1-4-8-12)18-13-9-5-2-6-10-13/h1-5,7-9,11H,6,10H2,(H2,16,17)/b14-11-. The van der Waals surface area contributed by atoms with Crippen LogP contribution in [-0.4, -0.2) is 5.91 Å². The van der Waals surface area contributed by atoms with Crippen LogP contribution < -0.4 is 5.73 Å². The highest BCUT2D eigenvalue weighted by atomic mass is 16.5. The molecule has 0 fully saturated rings. The lowest BCUT2D eigenvalue weighted by atomic mass is 10.1. The molecule has 0 radical (unpaired) electrons. The number of carbonyl (C=O) groups excluding carboxylic acids is 1. The Kier molecular flexibility index (Phi) is 3.97. The maximum absolute atomic E-state index is 11.4. The van der Waals surface area contributed by atoms with Crippen molar-refractivity contribution in [3.05, 3.63) is 65.6 Å². The number of nitrogens with two attached hydrogens (primary N) is 1. The molecule has 1 amide bonds. The molecule has 0 saturated heterocycles. The van der Waals surface area contributed by atoms with Crippen LogP contribution in [0.4, 0.5) is 0 Å². The molecule has 0 aliphatic heterocycles. The first-order valence-electron chi connectivity index (χ1n) is 5.86. The molecular weight excluding hydrogens is 226 g/mol. The molecular formula is C15H15NO2. The molecule has 2 N–H and O–H groups in total. The van der Waals surface area contributed by atoms with Crippen molar-refractivity contribution in [1.82, 2.24) is 0 Å². The summed E-state index contributed by atoms with van der Waals surface area (Å²) < 4.78 is 5.55. The van der Waals surface area contributed by atoms with Crippen LogP contribution in [-0.2, 0) is 9.53 Å². The van der Waals surface area contributed by atoms with Gasteiger partial charge in [0.15, 0.2) is 5.76 Å². The fourth-order valence-corrected chi connectivity index (χ4v) is 1.66. The van der Waals surface area contributed by atoms with Crippen molar-refractivity contribution in [2.75, 3.05) is 0 Å². The summed E-state index contributed by atoms with van der Waals surface area (Å²) in [5.74, 6) is 0.371. The number of amides is 1. The van der Waals surface area contributed by atoms with Crippen molar-refractivity contribution in [3.8, 4) is 0 Å². The van der Waals surface area contributed by atoms with Gasteiger partial charge in [-0.05, 0) is 24.1 Å². The summed E-state index contributed by atoms with van der Waals surface area (Å²) in [6, 6.07) is 9.49. The highest BCUT2D eigenvalue weighted by Gasteiger charge is 2.10. The van der Waals surface area contributed by atoms with E-state index < -0.39 is 5.91 Å². The Bertz CT molecular complexity index is 513. The van der Waals surface area contributed by atoms with Gasteiger partial charge in [-0.1, -0.05) is 42.5 Å². The fraction of sp³-hybridized carbons (Fsp3) is 0.133. The largest absolute Gasteiger partial charge is 0.456 e. The second-order valence-electron chi connectivity index (χ2n) is 3.99. The molecule has 0 aromatic heterocycles. The summed E-state index contributed by atoms with van der Waals surface area (Å²) in [4.78, 5) is 11.4. The summed E-state index contributed by atoms with van der Waals surface area (Å²) in [7, 11) is 0. The van der Waals surface area contributed by atoms with Crippen LogP contribution in [0.5, 0.6) is 0 Å². The lowest BCUT2D eigenvalue weighted by Gasteiger charge is -2.12. The number of ether oxygens (including phenoxy) is 1. The fourth-order valence-electron chi connectivity index (χ4n) is 1.66. The average Bonchev–Trinajstić information content (AvgIpc) is 2.40. The summed E-state index contributed by atoms with van der Waals surface area (Å²) in [6.45, 7) is 0. The van der Waals surface area contributed by atoms with Crippen LogP contribution in [0.15, 0.2) is 60.1 Å². The first-order chi connectivity index (χ1) is 8.75. The Labute approximate surface area is 106 Å². The predicted molar refractivity (Wildman–Crippen MR) is 71.2 cm³/mol. The first-order valence-corrected chi connectivity index (χ1v) is 5.86. The molecule has 0 atom stereocenters. The smallest absolute Gasteiger partial charge is 0.284 e. The first kappa shape index (κ1) is 12.2. The Morgan fingerprint density at radius 2 is 2.06 bits per heavy atom. The van der Waals surface area contributed by atoms with Crippen LogP contribution in [0.3, 0.4) is 0 Å². The minimum atomic E-state index is -0.561.